The monoisotopic (exact) mass is 296 g/mol. The Kier molecular flexibility index (Phi) is 3.96. The highest BCUT2D eigenvalue weighted by atomic mass is 79.9. The molecule has 6 heteroatoms. The number of phenolic OH excluding ortho intramolecular Hbond substituents is 1. The van der Waals surface area contributed by atoms with Crippen molar-refractivity contribution in [2.45, 2.75) is 12.6 Å². The number of halogens is 4. The topological polar surface area (TPSA) is 37.3 Å². The van der Waals surface area contributed by atoms with Crippen molar-refractivity contribution in [3.63, 3.8) is 0 Å². The molecule has 0 unspecified atom stereocenters. The lowest BCUT2D eigenvalue weighted by atomic mass is 10.0. The van der Waals surface area contributed by atoms with E-state index < -0.39 is 28.8 Å². The predicted octanol–water partition coefficient (Wildman–Crippen LogP) is 3.38. The third-order valence-electron chi connectivity index (χ3n) is 1.93. The summed E-state index contributed by atoms with van der Waals surface area (Å²) < 4.78 is 37.7. The number of phenols is 1. The van der Waals surface area contributed by atoms with E-state index in [4.69, 9.17) is 5.11 Å². The SMILES string of the molecule is O=C(CCBr)c1ccc(O)cc1C(F)(F)F. The van der Waals surface area contributed by atoms with Crippen LogP contribution in [0.15, 0.2) is 18.2 Å². The van der Waals surface area contributed by atoms with Crippen LogP contribution >= 0.6 is 15.9 Å². The van der Waals surface area contributed by atoms with E-state index >= 15 is 0 Å². The first-order chi connectivity index (χ1) is 7.36. The fourth-order valence-corrected chi connectivity index (χ4v) is 1.59. The first-order valence-corrected chi connectivity index (χ1v) is 5.47. The predicted molar refractivity (Wildman–Crippen MR) is 55.9 cm³/mol. The van der Waals surface area contributed by atoms with Crippen molar-refractivity contribution in [3.8, 4) is 5.75 Å². The number of carbonyl (C=O) groups excluding carboxylic acids is 1. The van der Waals surface area contributed by atoms with Crippen LogP contribution in [0.1, 0.15) is 22.3 Å². The van der Waals surface area contributed by atoms with E-state index in [1.54, 1.807) is 0 Å². The molecule has 1 aromatic carbocycles. The summed E-state index contributed by atoms with van der Waals surface area (Å²) in [4.78, 5) is 11.4. The number of ketones is 1. The minimum Gasteiger partial charge on any atom is -0.508 e. The van der Waals surface area contributed by atoms with Gasteiger partial charge in [0.2, 0.25) is 0 Å². The van der Waals surface area contributed by atoms with Gasteiger partial charge < -0.3 is 5.11 Å². The van der Waals surface area contributed by atoms with Gasteiger partial charge in [0, 0.05) is 17.3 Å². The molecule has 88 valence electrons. The molecule has 1 rings (SSSR count). The molecule has 0 fully saturated rings. The lowest BCUT2D eigenvalue weighted by Gasteiger charge is -2.11. The normalized spacial score (nSPS) is 11.5. The van der Waals surface area contributed by atoms with Gasteiger partial charge >= 0.3 is 6.18 Å². The number of hydrogen-bond acceptors (Lipinski definition) is 2. The van der Waals surface area contributed by atoms with Gasteiger partial charge in [-0.15, -0.1) is 0 Å². The van der Waals surface area contributed by atoms with Gasteiger partial charge in [-0.05, 0) is 18.2 Å². The number of rotatable bonds is 3. The zero-order chi connectivity index (χ0) is 12.3. The van der Waals surface area contributed by atoms with Crippen LogP contribution in [0, 0.1) is 0 Å². The van der Waals surface area contributed by atoms with Crippen molar-refractivity contribution in [2.24, 2.45) is 0 Å². The quantitative estimate of drug-likeness (QED) is 0.686. The largest absolute Gasteiger partial charge is 0.508 e. The molecule has 0 aliphatic heterocycles. The molecule has 0 aromatic heterocycles. The molecule has 0 saturated carbocycles. The van der Waals surface area contributed by atoms with Crippen molar-refractivity contribution in [1.29, 1.82) is 0 Å². The summed E-state index contributed by atoms with van der Waals surface area (Å²) in [5.41, 5.74) is -1.51. The van der Waals surface area contributed by atoms with Crippen molar-refractivity contribution < 1.29 is 23.1 Å². The third kappa shape index (κ3) is 2.98. The lowest BCUT2D eigenvalue weighted by Crippen LogP contribution is -2.13. The Bertz CT molecular complexity index is 402. The first kappa shape index (κ1) is 13.0. The second kappa shape index (κ2) is 4.86. The summed E-state index contributed by atoms with van der Waals surface area (Å²) in [6, 6.07) is 2.61. The minimum absolute atomic E-state index is 0.0200. The van der Waals surface area contributed by atoms with E-state index in [2.05, 4.69) is 15.9 Å². The summed E-state index contributed by atoms with van der Waals surface area (Å²) >= 11 is 2.99. The molecule has 0 atom stereocenters. The highest BCUT2D eigenvalue weighted by Gasteiger charge is 2.35. The smallest absolute Gasteiger partial charge is 0.417 e. The average Bonchev–Trinajstić information content (AvgIpc) is 2.16. The maximum absolute atomic E-state index is 12.6. The van der Waals surface area contributed by atoms with Crippen LogP contribution < -0.4 is 0 Å². The number of Topliss-reactive ketones (excluding diaryl/α,β-unsaturated/α-hetero) is 1. The van der Waals surface area contributed by atoms with Crippen LogP contribution in [0.2, 0.25) is 0 Å². The summed E-state index contributed by atoms with van der Waals surface area (Å²) in [7, 11) is 0. The number of aromatic hydroxyl groups is 1. The molecular formula is C10H8BrF3O2. The van der Waals surface area contributed by atoms with E-state index in [0.29, 0.717) is 11.4 Å². The van der Waals surface area contributed by atoms with E-state index in [9.17, 15) is 18.0 Å². The summed E-state index contributed by atoms with van der Waals surface area (Å²) in [5.74, 6) is -1.12. The molecule has 0 amide bonds. The Balaban J connectivity index is 3.23. The molecule has 0 aliphatic rings. The van der Waals surface area contributed by atoms with Crippen LogP contribution in [0.3, 0.4) is 0 Å². The number of alkyl halides is 4. The van der Waals surface area contributed by atoms with Crippen LogP contribution in [0.5, 0.6) is 5.75 Å². The van der Waals surface area contributed by atoms with Gasteiger partial charge in [0.1, 0.15) is 5.75 Å². The molecule has 16 heavy (non-hydrogen) atoms. The number of carbonyl (C=O) groups is 1. The van der Waals surface area contributed by atoms with Crippen molar-refractivity contribution in [2.75, 3.05) is 5.33 Å². The molecule has 0 aliphatic carbocycles. The zero-order valence-corrected chi connectivity index (χ0v) is 9.60. The van der Waals surface area contributed by atoms with Gasteiger partial charge in [0.15, 0.2) is 5.78 Å². The minimum atomic E-state index is -4.64. The van der Waals surface area contributed by atoms with Gasteiger partial charge in [0.25, 0.3) is 0 Å². The van der Waals surface area contributed by atoms with Crippen LogP contribution in [-0.4, -0.2) is 16.2 Å². The van der Waals surface area contributed by atoms with Crippen molar-refractivity contribution in [3.05, 3.63) is 29.3 Å². The number of benzene rings is 1. The fraction of sp³-hybridized carbons (Fsp3) is 0.300. The van der Waals surface area contributed by atoms with Gasteiger partial charge in [-0.2, -0.15) is 13.2 Å². The van der Waals surface area contributed by atoms with Crippen LogP contribution in [-0.2, 0) is 6.18 Å². The van der Waals surface area contributed by atoms with Gasteiger partial charge in [-0.3, -0.25) is 4.79 Å². The van der Waals surface area contributed by atoms with Gasteiger partial charge in [0.05, 0.1) is 5.56 Å². The molecule has 2 nitrogen and oxygen atoms in total. The first-order valence-electron chi connectivity index (χ1n) is 4.35. The molecule has 0 bridgehead atoms. The lowest BCUT2D eigenvalue weighted by molar-refractivity contribution is -0.138. The highest BCUT2D eigenvalue weighted by Crippen LogP contribution is 2.34. The van der Waals surface area contributed by atoms with E-state index in [0.717, 1.165) is 12.1 Å². The molecule has 1 N–H and O–H groups in total. The zero-order valence-electron chi connectivity index (χ0n) is 8.01. The van der Waals surface area contributed by atoms with Crippen molar-refractivity contribution in [1.82, 2.24) is 0 Å². The fourth-order valence-electron chi connectivity index (χ4n) is 1.23. The maximum Gasteiger partial charge on any atom is 0.417 e. The Labute approximate surface area is 98.2 Å². The molecule has 0 radical (unpaired) electrons. The summed E-state index contributed by atoms with van der Waals surface area (Å²) in [5, 5.41) is 9.29. The third-order valence-corrected chi connectivity index (χ3v) is 2.33. The second-order valence-corrected chi connectivity index (χ2v) is 3.88. The van der Waals surface area contributed by atoms with Gasteiger partial charge in [-0.1, -0.05) is 15.9 Å². The molecule has 1 aromatic rings. The van der Waals surface area contributed by atoms with Crippen molar-refractivity contribution >= 4 is 21.7 Å². The molecular weight excluding hydrogens is 289 g/mol. The molecule has 0 heterocycles. The summed E-state index contributed by atoms with van der Waals surface area (Å²) in [6.45, 7) is 0. The van der Waals surface area contributed by atoms with E-state index in [1.165, 1.54) is 0 Å². The van der Waals surface area contributed by atoms with E-state index in [-0.39, 0.29) is 6.42 Å². The molecule has 0 saturated heterocycles. The average molecular weight is 297 g/mol. The highest BCUT2D eigenvalue weighted by molar-refractivity contribution is 9.09. The van der Waals surface area contributed by atoms with Gasteiger partial charge in [-0.25, -0.2) is 0 Å². The maximum atomic E-state index is 12.6. The van der Waals surface area contributed by atoms with Crippen LogP contribution in [0.4, 0.5) is 13.2 Å². The molecule has 0 spiro atoms. The van der Waals surface area contributed by atoms with Crippen LogP contribution in [0.25, 0.3) is 0 Å². The Hall–Kier alpha value is -1.04. The second-order valence-electron chi connectivity index (χ2n) is 3.09. The number of hydrogen-bond donors (Lipinski definition) is 1. The Morgan fingerprint density at radius 3 is 2.50 bits per heavy atom. The van der Waals surface area contributed by atoms with E-state index in [1.807, 2.05) is 0 Å². The standard InChI is InChI=1S/C10H8BrF3O2/c11-4-3-9(16)7-2-1-6(15)5-8(7)10(12,13)14/h1-2,5,15H,3-4H2. The Morgan fingerprint density at radius 2 is 2.00 bits per heavy atom. The Morgan fingerprint density at radius 1 is 1.38 bits per heavy atom. The summed E-state index contributed by atoms with van der Waals surface area (Å²) in [6.07, 6.45) is -4.66.